The summed E-state index contributed by atoms with van der Waals surface area (Å²) < 4.78 is 16.9. The van der Waals surface area contributed by atoms with E-state index in [4.69, 9.17) is 29.2 Å². The van der Waals surface area contributed by atoms with Gasteiger partial charge in [-0.15, -0.1) is 0 Å². The smallest absolute Gasteiger partial charge is 0.652 e. The van der Waals surface area contributed by atoms with E-state index in [1.54, 1.807) is 0 Å². The minimum Gasteiger partial charge on any atom is -0.652 e. The Hall–Kier alpha value is -1.06. The molecular formula is C58H110CaO9. The summed E-state index contributed by atoms with van der Waals surface area (Å²) in [5, 5.41) is 16.7. The number of carbonyl (C=O) groups excluding carboxylic acids is 4. The first-order valence-electron chi connectivity index (χ1n) is 29.1. The first-order valence-corrected chi connectivity index (χ1v) is 29.1. The number of unbranched alkanes of at least 4 members (excludes halogenated alkanes) is 42. The molecule has 9 nitrogen and oxygen atoms in total. The Labute approximate surface area is 450 Å². The summed E-state index contributed by atoms with van der Waals surface area (Å²) in [6.45, 7) is 6.71. The van der Waals surface area contributed by atoms with E-state index >= 15 is 0 Å². The van der Waals surface area contributed by atoms with E-state index in [9.17, 15) is 14.4 Å². The molecule has 0 amide bonds. The molecule has 0 saturated heterocycles. The van der Waals surface area contributed by atoms with E-state index in [1.807, 2.05) is 0 Å². The Kier molecular flexibility index (Phi) is 65.0. The zero-order chi connectivity index (χ0) is 49.4. The molecule has 0 unspecified atom stereocenters. The van der Waals surface area contributed by atoms with Crippen LogP contribution < -0.4 is 10.2 Å². The van der Waals surface area contributed by atoms with Crippen LogP contribution in [0.4, 0.5) is 4.79 Å². The molecule has 0 N–H and O–H groups in total. The van der Waals surface area contributed by atoms with E-state index in [-0.39, 0.29) is 68.9 Å². The number of hydrogen-bond donors (Lipinski definition) is 0. The van der Waals surface area contributed by atoms with Crippen LogP contribution in [-0.4, -0.2) is 81.1 Å². The summed E-state index contributed by atoms with van der Waals surface area (Å²) in [6.07, 6.45) is 55.7. The molecule has 0 atom stereocenters. The molecule has 0 aliphatic heterocycles. The quantitative estimate of drug-likeness (QED) is 0.0252. The monoisotopic (exact) mass is 991 g/mol. The summed E-state index contributed by atoms with van der Waals surface area (Å²) in [5.41, 5.74) is 0. The van der Waals surface area contributed by atoms with Crippen LogP contribution in [0.3, 0.4) is 0 Å². The van der Waals surface area contributed by atoms with Gasteiger partial charge in [-0.25, -0.2) is 0 Å². The first kappa shape index (κ1) is 71.2. The number of esters is 3. The summed E-state index contributed by atoms with van der Waals surface area (Å²) in [4.78, 5) is 46.4. The molecule has 0 radical (unpaired) electrons. The molecule has 10 heteroatoms. The SMILES string of the molecule is CCCCCCCCCCCCCCCCCC(=O)OCC(COC(=O)CCCCCCCCCCCCCCCCC)OC(=O)CCCCCCCCCCCCCCCCC.O=C([O-])[O-].[Ca+2]. The summed E-state index contributed by atoms with van der Waals surface area (Å²) in [7, 11) is 0. The van der Waals surface area contributed by atoms with Crippen LogP contribution in [-0.2, 0) is 28.6 Å². The van der Waals surface area contributed by atoms with Crippen molar-refractivity contribution in [3.63, 3.8) is 0 Å². The largest absolute Gasteiger partial charge is 2.00 e. The van der Waals surface area contributed by atoms with Gasteiger partial charge in [-0.1, -0.05) is 290 Å². The van der Waals surface area contributed by atoms with Crippen molar-refractivity contribution in [3.8, 4) is 0 Å². The second-order valence-electron chi connectivity index (χ2n) is 19.8. The number of rotatable bonds is 53. The van der Waals surface area contributed by atoms with Crippen molar-refractivity contribution in [2.75, 3.05) is 13.2 Å². The Morgan fingerprint density at radius 1 is 0.294 bits per heavy atom. The fraction of sp³-hybridized carbons (Fsp3) is 0.931. The normalized spacial score (nSPS) is 10.9. The molecule has 0 aliphatic rings. The van der Waals surface area contributed by atoms with Crippen molar-refractivity contribution in [2.45, 2.75) is 335 Å². The van der Waals surface area contributed by atoms with Crippen LogP contribution in [0.1, 0.15) is 329 Å². The van der Waals surface area contributed by atoms with Crippen LogP contribution in [0.15, 0.2) is 0 Å². The van der Waals surface area contributed by atoms with Crippen molar-refractivity contribution in [2.24, 2.45) is 0 Å². The maximum Gasteiger partial charge on any atom is 2.00 e. The fourth-order valence-corrected chi connectivity index (χ4v) is 8.80. The number of ether oxygens (including phenoxy) is 3. The third kappa shape index (κ3) is 64.9. The summed E-state index contributed by atoms with van der Waals surface area (Å²) in [5.74, 6) is -0.832. The van der Waals surface area contributed by atoms with Gasteiger partial charge in [-0.2, -0.15) is 0 Å². The third-order valence-electron chi connectivity index (χ3n) is 13.1. The predicted molar refractivity (Wildman–Crippen MR) is 282 cm³/mol. The molecule has 0 saturated carbocycles. The summed E-state index contributed by atoms with van der Waals surface area (Å²) >= 11 is 0. The minimum absolute atomic E-state index is 0. The molecular weight excluding hydrogens is 881 g/mol. The maximum absolute atomic E-state index is 12.8. The van der Waals surface area contributed by atoms with Crippen molar-refractivity contribution >= 4 is 61.8 Å². The zero-order valence-electron chi connectivity index (χ0n) is 45.3. The van der Waals surface area contributed by atoms with Crippen molar-refractivity contribution in [3.05, 3.63) is 0 Å². The standard InChI is InChI=1S/C57H110O6.CH2O3.Ca/c1-4-7-10-13-16-19-22-25-28-31-34-37-40-43-46-49-55(58)61-52-54(63-57(60)51-48-45-42-39-36-33-30-27-24-21-18-15-12-9-6-3)53-62-56(59)50-47-44-41-38-35-32-29-26-23-20-17-14-11-8-5-2;2-1(3)4;/h54H,4-53H2,1-3H3;(H2,2,3,4);/q;;+2/p-2. The third-order valence-corrected chi connectivity index (χ3v) is 13.1. The van der Waals surface area contributed by atoms with Gasteiger partial charge in [0.1, 0.15) is 13.2 Å². The van der Waals surface area contributed by atoms with Gasteiger partial charge in [-0.05, 0) is 25.4 Å². The second-order valence-corrected chi connectivity index (χ2v) is 19.8. The van der Waals surface area contributed by atoms with Gasteiger partial charge in [0.25, 0.3) is 0 Å². The van der Waals surface area contributed by atoms with E-state index in [1.165, 1.54) is 231 Å². The molecule has 398 valence electrons. The molecule has 0 aromatic rings. The van der Waals surface area contributed by atoms with Gasteiger partial charge in [-0.3, -0.25) is 14.4 Å². The van der Waals surface area contributed by atoms with Gasteiger partial charge < -0.3 is 29.2 Å². The van der Waals surface area contributed by atoms with Crippen molar-refractivity contribution in [1.82, 2.24) is 0 Å². The second kappa shape index (κ2) is 62.1. The number of hydrogen-bond acceptors (Lipinski definition) is 9. The van der Waals surface area contributed by atoms with Gasteiger partial charge in [0.15, 0.2) is 6.10 Å². The fourth-order valence-electron chi connectivity index (χ4n) is 8.80. The topological polar surface area (TPSA) is 142 Å². The molecule has 0 bridgehead atoms. The van der Waals surface area contributed by atoms with Crippen molar-refractivity contribution in [1.29, 1.82) is 0 Å². The average Bonchev–Trinajstić information content (AvgIpc) is 3.30. The molecule has 0 spiro atoms. The van der Waals surface area contributed by atoms with Crippen molar-refractivity contribution < 1.29 is 43.6 Å². The number of carboxylic acid groups (broad SMARTS) is 2. The van der Waals surface area contributed by atoms with Crippen LogP contribution in [0.5, 0.6) is 0 Å². The molecule has 0 heterocycles. The zero-order valence-corrected chi connectivity index (χ0v) is 47.5. The molecule has 0 fully saturated rings. The molecule has 0 aromatic carbocycles. The first-order chi connectivity index (χ1) is 32.8. The van der Waals surface area contributed by atoms with Gasteiger partial charge >= 0.3 is 55.6 Å². The van der Waals surface area contributed by atoms with Crippen LogP contribution in [0.2, 0.25) is 0 Å². The van der Waals surface area contributed by atoms with E-state index in [0.29, 0.717) is 19.3 Å². The number of carbonyl (C=O) groups is 4. The van der Waals surface area contributed by atoms with E-state index < -0.39 is 12.3 Å². The van der Waals surface area contributed by atoms with Crippen LogP contribution >= 0.6 is 0 Å². The van der Waals surface area contributed by atoms with Gasteiger partial charge in [0, 0.05) is 19.3 Å². The predicted octanol–water partition coefficient (Wildman–Crippen LogP) is 15.9. The Balaban J connectivity index is -0.00000809. The Morgan fingerprint density at radius 3 is 0.647 bits per heavy atom. The molecule has 68 heavy (non-hydrogen) atoms. The Bertz CT molecular complexity index is 987. The van der Waals surface area contributed by atoms with Crippen LogP contribution in [0.25, 0.3) is 0 Å². The average molecular weight is 992 g/mol. The van der Waals surface area contributed by atoms with E-state index in [2.05, 4.69) is 20.8 Å². The van der Waals surface area contributed by atoms with Gasteiger partial charge in [0.05, 0.1) is 0 Å². The van der Waals surface area contributed by atoms with Gasteiger partial charge in [0.2, 0.25) is 0 Å². The van der Waals surface area contributed by atoms with Crippen LogP contribution in [0, 0.1) is 0 Å². The minimum atomic E-state index is -2.33. The molecule has 0 aliphatic carbocycles. The molecule has 0 aromatic heterocycles. The summed E-state index contributed by atoms with van der Waals surface area (Å²) in [6, 6.07) is 0. The molecule has 0 rings (SSSR count). The Morgan fingerprint density at radius 2 is 0.456 bits per heavy atom. The van der Waals surface area contributed by atoms with E-state index in [0.717, 1.165) is 57.8 Å². The maximum atomic E-state index is 12.8.